The van der Waals surface area contributed by atoms with E-state index < -0.39 is 11.7 Å². The number of amides is 1. The van der Waals surface area contributed by atoms with Crippen molar-refractivity contribution in [3.63, 3.8) is 0 Å². The highest BCUT2D eigenvalue weighted by atomic mass is 79.9. The van der Waals surface area contributed by atoms with Gasteiger partial charge in [-0.15, -0.1) is 6.58 Å². The molecule has 28 heavy (non-hydrogen) atoms. The molecule has 0 aromatic heterocycles. The maximum Gasteiger partial charge on any atom is 0.409 e. The molecule has 0 saturated heterocycles. The minimum Gasteiger partial charge on any atom is -0.453 e. The fraction of sp³-hybridized carbons (Fsp3) is 0.348. The fourth-order valence-corrected chi connectivity index (χ4v) is 3.63. The first-order valence-corrected chi connectivity index (χ1v) is 10.1. The molecule has 1 N–H and O–H groups in total. The summed E-state index contributed by atoms with van der Waals surface area (Å²) in [5.74, 6) is 0. The van der Waals surface area contributed by atoms with Gasteiger partial charge in [0.25, 0.3) is 0 Å². The van der Waals surface area contributed by atoms with Gasteiger partial charge < -0.3 is 14.7 Å². The highest BCUT2D eigenvalue weighted by Gasteiger charge is 2.32. The first kappa shape index (κ1) is 22.2. The Morgan fingerprint density at radius 2 is 1.82 bits per heavy atom. The summed E-state index contributed by atoms with van der Waals surface area (Å²) in [6, 6.07) is 17.2. The molecule has 1 amide bonds. The van der Waals surface area contributed by atoms with Crippen molar-refractivity contribution in [2.24, 2.45) is 0 Å². The average Bonchev–Trinajstić information content (AvgIpc) is 2.68. The molecular weight excluding hydrogens is 418 g/mol. The van der Waals surface area contributed by atoms with Crippen LogP contribution < -0.4 is 0 Å². The number of carbonyl (C=O) groups excluding carboxylic acids is 1. The lowest BCUT2D eigenvalue weighted by Crippen LogP contribution is -2.38. The third-order valence-corrected chi connectivity index (χ3v) is 5.43. The quantitative estimate of drug-likeness (QED) is 0.520. The van der Waals surface area contributed by atoms with Crippen molar-refractivity contribution >= 4 is 22.0 Å². The molecule has 4 nitrogen and oxygen atoms in total. The van der Waals surface area contributed by atoms with E-state index in [-0.39, 0.29) is 6.04 Å². The monoisotopic (exact) mass is 445 g/mol. The molecule has 0 aliphatic carbocycles. The van der Waals surface area contributed by atoms with Crippen LogP contribution in [0.25, 0.3) is 0 Å². The first-order chi connectivity index (χ1) is 13.3. The van der Waals surface area contributed by atoms with Gasteiger partial charge in [-0.25, -0.2) is 4.79 Å². The number of ether oxygens (including phenoxy) is 1. The minimum absolute atomic E-state index is 0.189. The molecule has 0 aliphatic rings. The van der Waals surface area contributed by atoms with Gasteiger partial charge in [-0.1, -0.05) is 64.0 Å². The number of benzene rings is 2. The molecule has 0 bridgehead atoms. The number of halogens is 1. The van der Waals surface area contributed by atoms with Crippen molar-refractivity contribution in [3.8, 4) is 0 Å². The maximum absolute atomic E-state index is 12.5. The Hall–Kier alpha value is -2.11. The van der Waals surface area contributed by atoms with Crippen LogP contribution in [-0.2, 0) is 10.3 Å². The fourth-order valence-electron chi connectivity index (χ4n) is 3.37. The van der Waals surface area contributed by atoms with Crippen LogP contribution in [0.3, 0.4) is 0 Å². The smallest absolute Gasteiger partial charge is 0.409 e. The van der Waals surface area contributed by atoms with Crippen LogP contribution in [0.1, 0.15) is 43.9 Å². The second kappa shape index (κ2) is 9.89. The lowest BCUT2D eigenvalue weighted by atomic mass is 9.84. The Labute approximate surface area is 176 Å². The zero-order valence-corrected chi connectivity index (χ0v) is 18.3. The lowest BCUT2D eigenvalue weighted by molar-refractivity contribution is 0.0136. The van der Waals surface area contributed by atoms with Crippen molar-refractivity contribution in [2.75, 3.05) is 13.7 Å². The van der Waals surface area contributed by atoms with Gasteiger partial charge in [0.2, 0.25) is 0 Å². The molecule has 0 radical (unpaired) electrons. The molecule has 2 aromatic carbocycles. The van der Waals surface area contributed by atoms with Crippen LogP contribution in [0.15, 0.2) is 71.2 Å². The van der Waals surface area contributed by atoms with Gasteiger partial charge in [0.1, 0.15) is 0 Å². The zero-order valence-electron chi connectivity index (χ0n) is 16.7. The summed E-state index contributed by atoms with van der Waals surface area (Å²) < 4.78 is 5.99. The third-order valence-electron chi connectivity index (χ3n) is 4.90. The van der Waals surface area contributed by atoms with Crippen molar-refractivity contribution in [1.82, 2.24) is 4.90 Å². The number of nitrogens with zero attached hydrogens (tertiary/aromatic N) is 1. The predicted octanol–water partition coefficient (Wildman–Crippen LogP) is 5.82. The Bertz CT molecular complexity index is 791. The molecule has 2 rings (SSSR count). The molecule has 5 heteroatoms. The molecular formula is C23H28BrNO3. The Kier molecular flexibility index (Phi) is 7.84. The summed E-state index contributed by atoms with van der Waals surface area (Å²) in [6.45, 7) is 8.17. The van der Waals surface area contributed by atoms with Crippen LogP contribution in [0.2, 0.25) is 0 Å². The van der Waals surface area contributed by atoms with Crippen molar-refractivity contribution < 1.29 is 14.6 Å². The normalized spacial score (nSPS) is 14.0. The van der Waals surface area contributed by atoms with Crippen LogP contribution in [-0.4, -0.2) is 29.8 Å². The van der Waals surface area contributed by atoms with Gasteiger partial charge in [-0.2, -0.15) is 0 Å². The number of aliphatic hydroxyl groups is 1. The molecule has 150 valence electrons. The van der Waals surface area contributed by atoms with E-state index in [1.165, 1.54) is 7.11 Å². The number of methoxy groups -OCH3 is 1. The van der Waals surface area contributed by atoms with Crippen LogP contribution in [0.5, 0.6) is 0 Å². The first-order valence-electron chi connectivity index (χ1n) is 9.29. The molecule has 2 aromatic rings. The summed E-state index contributed by atoms with van der Waals surface area (Å²) >= 11 is 3.43. The molecule has 2 unspecified atom stereocenters. The molecule has 2 atom stereocenters. The van der Waals surface area contributed by atoms with E-state index in [4.69, 9.17) is 4.74 Å². The molecule has 0 fully saturated rings. The van der Waals surface area contributed by atoms with Crippen molar-refractivity contribution in [3.05, 3.63) is 82.3 Å². The third kappa shape index (κ3) is 5.69. The minimum atomic E-state index is -1.10. The van der Waals surface area contributed by atoms with Crippen LogP contribution in [0.4, 0.5) is 4.79 Å². The Balaban J connectivity index is 2.26. The number of rotatable bonds is 8. The maximum atomic E-state index is 12.5. The van der Waals surface area contributed by atoms with Gasteiger partial charge >= 0.3 is 6.09 Å². The summed E-state index contributed by atoms with van der Waals surface area (Å²) in [4.78, 5) is 14.1. The lowest BCUT2D eigenvalue weighted by Gasteiger charge is -2.34. The average molecular weight is 446 g/mol. The summed E-state index contributed by atoms with van der Waals surface area (Å²) in [6.07, 6.45) is 0.389. The largest absolute Gasteiger partial charge is 0.453 e. The second-order valence-electron chi connectivity index (χ2n) is 7.17. The van der Waals surface area contributed by atoms with E-state index in [9.17, 15) is 9.90 Å². The number of hydrogen-bond donors (Lipinski definition) is 1. The Morgan fingerprint density at radius 3 is 2.36 bits per heavy atom. The van der Waals surface area contributed by atoms with Crippen LogP contribution in [0, 0.1) is 0 Å². The summed E-state index contributed by atoms with van der Waals surface area (Å²) in [5.41, 5.74) is 1.60. The van der Waals surface area contributed by atoms with Gasteiger partial charge in [0, 0.05) is 17.4 Å². The molecule has 0 saturated carbocycles. The predicted molar refractivity (Wildman–Crippen MR) is 116 cm³/mol. The number of carbonyl (C=O) groups is 1. The summed E-state index contributed by atoms with van der Waals surface area (Å²) in [7, 11) is 1.38. The van der Waals surface area contributed by atoms with E-state index >= 15 is 0 Å². The van der Waals surface area contributed by atoms with Gasteiger partial charge in [0.15, 0.2) is 0 Å². The summed E-state index contributed by atoms with van der Waals surface area (Å²) in [5, 5.41) is 11.4. The zero-order chi connectivity index (χ0) is 20.7. The molecule has 0 aliphatic heterocycles. The standard InChI is InChI=1S/C23H28BrNO3/c1-17(2)16-23(27,20-8-6-5-7-9-20)14-15-25(22(26)28-4)18(3)19-10-12-21(24)13-11-19/h5-13,18,27H,1,14-16H2,2-4H3. The van der Waals surface area contributed by atoms with E-state index in [1.54, 1.807) is 4.90 Å². The Morgan fingerprint density at radius 1 is 1.21 bits per heavy atom. The van der Waals surface area contributed by atoms with E-state index in [0.717, 1.165) is 21.2 Å². The van der Waals surface area contributed by atoms with Crippen molar-refractivity contribution in [1.29, 1.82) is 0 Å². The van der Waals surface area contributed by atoms with Gasteiger partial charge in [0.05, 0.1) is 18.8 Å². The van der Waals surface area contributed by atoms with E-state index in [0.29, 0.717) is 19.4 Å². The SMILES string of the molecule is C=C(C)CC(O)(CCN(C(=O)OC)C(C)c1ccc(Br)cc1)c1ccccc1. The number of hydrogen-bond acceptors (Lipinski definition) is 3. The van der Waals surface area contributed by atoms with Crippen molar-refractivity contribution in [2.45, 2.75) is 38.3 Å². The highest BCUT2D eigenvalue weighted by Crippen LogP contribution is 2.33. The van der Waals surface area contributed by atoms with E-state index in [1.807, 2.05) is 68.4 Å². The van der Waals surface area contributed by atoms with Crippen LogP contribution >= 0.6 is 15.9 Å². The highest BCUT2D eigenvalue weighted by molar-refractivity contribution is 9.10. The van der Waals surface area contributed by atoms with Gasteiger partial charge in [-0.3, -0.25) is 0 Å². The van der Waals surface area contributed by atoms with E-state index in [2.05, 4.69) is 22.5 Å². The van der Waals surface area contributed by atoms with Gasteiger partial charge in [-0.05, 0) is 43.5 Å². The molecule has 0 spiro atoms. The molecule has 0 heterocycles. The second-order valence-corrected chi connectivity index (χ2v) is 8.09. The topological polar surface area (TPSA) is 49.8 Å².